The van der Waals surface area contributed by atoms with E-state index in [1.165, 1.54) is 18.4 Å². The van der Waals surface area contributed by atoms with Crippen molar-refractivity contribution in [1.29, 1.82) is 0 Å². The Morgan fingerprint density at radius 1 is 1.39 bits per heavy atom. The van der Waals surface area contributed by atoms with Crippen LogP contribution in [0.4, 0.5) is 0 Å². The highest BCUT2D eigenvalue weighted by molar-refractivity contribution is 7.89. The molecule has 0 spiro atoms. The molecule has 1 aliphatic rings. The summed E-state index contributed by atoms with van der Waals surface area (Å²) in [5.74, 6) is -1.42. The molecule has 1 aromatic rings. The molecule has 1 fully saturated rings. The summed E-state index contributed by atoms with van der Waals surface area (Å²) in [4.78, 5) is 17.8. The minimum atomic E-state index is -3.21. The molecule has 1 N–H and O–H groups in total. The molecule has 1 saturated heterocycles. The van der Waals surface area contributed by atoms with Crippen LogP contribution >= 0.6 is 0 Å². The largest absolute Gasteiger partial charge is 0.481 e. The zero-order valence-corrected chi connectivity index (χ0v) is 14.2. The summed E-state index contributed by atoms with van der Waals surface area (Å²) < 4.78 is 24.7. The zero-order valence-electron chi connectivity index (χ0n) is 13.4. The number of hydrogen-bond donors (Lipinski definition) is 1. The Kier molecular flexibility index (Phi) is 5.72. The first-order valence-corrected chi connectivity index (χ1v) is 9.18. The molecule has 0 amide bonds. The van der Waals surface area contributed by atoms with Crippen molar-refractivity contribution < 1.29 is 18.3 Å². The standard InChI is InChI=1S/C15H23N3O4S/c1-17(2)23(21,22)9-5-8-18-10-12(13(11-18)15(19)20)14-6-3-4-7-16-14/h3-4,6-7,12-13H,5,8-11H2,1-2H3,(H,19,20)/t12-,13-/m0/s1. The molecular formula is C15H23N3O4S. The van der Waals surface area contributed by atoms with E-state index in [1.807, 2.05) is 17.0 Å². The Morgan fingerprint density at radius 3 is 2.70 bits per heavy atom. The van der Waals surface area contributed by atoms with Crippen LogP contribution in [0.3, 0.4) is 0 Å². The third-order valence-electron chi connectivity index (χ3n) is 4.21. The van der Waals surface area contributed by atoms with E-state index in [4.69, 9.17) is 0 Å². The van der Waals surface area contributed by atoms with Gasteiger partial charge in [0.05, 0.1) is 11.7 Å². The van der Waals surface area contributed by atoms with Crippen molar-refractivity contribution in [2.24, 2.45) is 5.92 Å². The molecule has 23 heavy (non-hydrogen) atoms. The number of rotatable bonds is 7. The summed E-state index contributed by atoms with van der Waals surface area (Å²) in [6, 6.07) is 5.51. The first-order valence-electron chi connectivity index (χ1n) is 7.57. The molecule has 1 aliphatic heterocycles. The first kappa shape index (κ1) is 17.8. The van der Waals surface area contributed by atoms with Gasteiger partial charge in [-0.2, -0.15) is 0 Å². The van der Waals surface area contributed by atoms with E-state index in [9.17, 15) is 18.3 Å². The molecule has 0 aromatic carbocycles. The van der Waals surface area contributed by atoms with E-state index in [2.05, 4.69) is 4.98 Å². The zero-order chi connectivity index (χ0) is 17.0. The summed E-state index contributed by atoms with van der Waals surface area (Å²) in [7, 11) is -0.174. The SMILES string of the molecule is CN(C)S(=O)(=O)CCCN1C[C@H](C(=O)O)[C@@H](c2ccccn2)C1. The van der Waals surface area contributed by atoms with Crippen molar-refractivity contribution in [3.8, 4) is 0 Å². The van der Waals surface area contributed by atoms with Gasteiger partial charge in [0.15, 0.2) is 0 Å². The predicted molar refractivity (Wildman–Crippen MR) is 86.6 cm³/mol. The van der Waals surface area contributed by atoms with Gasteiger partial charge in [0.2, 0.25) is 10.0 Å². The molecule has 7 nitrogen and oxygen atoms in total. The molecule has 0 saturated carbocycles. The van der Waals surface area contributed by atoms with Gasteiger partial charge in [0.1, 0.15) is 0 Å². The van der Waals surface area contributed by atoms with Crippen LogP contribution in [0.25, 0.3) is 0 Å². The average molecular weight is 341 g/mol. The van der Waals surface area contributed by atoms with E-state index in [0.717, 1.165) is 5.69 Å². The van der Waals surface area contributed by atoms with Crippen LogP contribution in [-0.4, -0.2) is 73.2 Å². The molecular weight excluding hydrogens is 318 g/mol. The number of nitrogens with zero attached hydrogens (tertiary/aromatic N) is 3. The van der Waals surface area contributed by atoms with E-state index in [-0.39, 0.29) is 11.7 Å². The average Bonchev–Trinajstić information content (AvgIpc) is 2.92. The molecule has 0 unspecified atom stereocenters. The molecule has 2 heterocycles. The Morgan fingerprint density at radius 2 is 2.13 bits per heavy atom. The maximum absolute atomic E-state index is 11.8. The predicted octanol–water partition coefficient (Wildman–Crippen LogP) is 0.463. The highest BCUT2D eigenvalue weighted by Crippen LogP contribution is 2.31. The third kappa shape index (κ3) is 4.49. The first-order chi connectivity index (χ1) is 10.8. The van der Waals surface area contributed by atoms with Gasteiger partial charge in [-0.25, -0.2) is 12.7 Å². The second-order valence-electron chi connectivity index (χ2n) is 6.02. The quantitative estimate of drug-likeness (QED) is 0.775. The lowest BCUT2D eigenvalue weighted by Gasteiger charge is -2.16. The number of carbonyl (C=O) groups is 1. The summed E-state index contributed by atoms with van der Waals surface area (Å²) >= 11 is 0. The maximum atomic E-state index is 11.8. The van der Waals surface area contributed by atoms with Crippen LogP contribution < -0.4 is 0 Å². The van der Waals surface area contributed by atoms with Gasteiger partial charge in [-0.1, -0.05) is 6.07 Å². The molecule has 2 atom stereocenters. The molecule has 128 valence electrons. The van der Waals surface area contributed by atoms with Crippen LogP contribution in [-0.2, 0) is 14.8 Å². The lowest BCUT2D eigenvalue weighted by atomic mass is 9.93. The minimum Gasteiger partial charge on any atom is -0.481 e. The highest BCUT2D eigenvalue weighted by Gasteiger charge is 2.39. The lowest BCUT2D eigenvalue weighted by molar-refractivity contribution is -0.141. The fourth-order valence-corrected chi connectivity index (χ4v) is 3.73. The minimum absolute atomic E-state index is 0.0719. The molecule has 8 heteroatoms. The van der Waals surface area contributed by atoms with Crippen LogP contribution in [0.5, 0.6) is 0 Å². The molecule has 0 radical (unpaired) electrons. The van der Waals surface area contributed by atoms with Gasteiger partial charge in [-0.05, 0) is 25.1 Å². The van der Waals surface area contributed by atoms with Crippen molar-refractivity contribution in [1.82, 2.24) is 14.2 Å². The third-order valence-corrected chi connectivity index (χ3v) is 6.13. The summed E-state index contributed by atoms with van der Waals surface area (Å²) in [5.41, 5.74) is 0.781. The van der Waals surface area contributed by atoms with Crippen molar-refractivity contribution in [3.63, 3.8) is 0 Å². The van der Waals surface area contributed by atoms with Crippen molar-refractivity contribution in [3.05, 3.63) is 30.1 Å². The monoisotopic (exact) mass is 341 g/mol. The Hall–Kier alpha value is -1.51. The molecule has 2 rings (SSSR count). The molecule has 0 bridgehead atoms. The normalized spacial score (nSPS) is 22.6. The van der Waals surface area contributed by atoms with Crippen LogP contribution in [0.2, 0.25) is 0 Å². The van der Waals surface area contributed by atoms with Gasteiger partial charge in [0, 0.05) is 45.0 Å². The van der Waals surface area contributed by atoms with Crippen LogP contribution in [0, 0.1) is 5.92 Å². The smallest absolute Gasteiger partial charge is 0.308 e. The van der Waals surface area contributed by atoms with E-state index < -0.39 is 21.9 Å². The van der Waals surface area contributed by atoms with Crippen LogP contribution in [0.1, 0.15) is 18.0 Å². The van der Waals surface area contributed by atoms with Crippen molar-refractivity contribution in [2.75, 3.05) is 39.5 Å². The van der Waals surface area contributed by atoms with Crippen molar-refractivity contribution >= 4 is 16.0 Å². The van der Waals surface area contributed by atoms with E-state index >= 15 is 0 Å². The van der Waals surface area contributed by atoms with Gasteiger partial charge >= 0.3 is 5.97 Å². The number of carboxylic acids is 1. The number of hydrogen-bond acceptors (Lipinski definition) is 5. The number of sulfonamides is 1. The fraction of sp³-hybridized carbons (Fsp3) is 0.600. The van der Waals surface area contributed by atoms with Crippen LogP contribution in [0.15, 0.2) is 24.4 Å². The van der Waals surface area contributed by atoms with Gasteiger partial charge in [-0.3, -0.25) is 9.78 Å². The Labute approximate surface area is 137 Å². The van der Waals surface area contributed by atoms with Gasteiger partial charge in [0.25, 0.3) is 0 Å². The number of likely N-dealkylation sites (tertiary alicyclic amines) is 1. The number of aromatic nitrogens is 1. The second kappa shape index (κ2) is 7.37. The lowest BCUT2D eigenvalue weighted by Crippen LogP contribution is -2.29. The second-order valence-corrected chi connectivity index (χ2v) is 8.32. The van der Waals surface area contributed by atoms with E-state index in [0.29, 0.717) is 26.1 Å². The fourth-order valence-electron chi connectivity index (χ4n) is 2.87. The number of pyridine rings is 1. The Bertz CT molecular complexity index is 633. The summed E-state index contributed by atoms with van der Waals surface area (Å²) in [6.07, 6.45) is 2.16. The van der Waals surface area contributed by atoms with Crippen molar-refractivity contribution in [2.45, 2.75) is 12.3 Å². The summed E-state index contributed by atoms with van der Waals surface area (Å²) in [5, 5.41) is 9.43. The molecule has 0 aliphatic carbocycles. The topological polar surface area (TPSA) is 90.8 Å². The van der Waals surface area contributed by atoms with Gasteiger partial charge in [-0.15, -0.1) is 0 Å². The maximum Gasteiger partial charge on any atom is 0.308 e. The Balaban J connectivity index is 1.97. The number of aliphatic carboxylic acids is 1. The van der Waals surface area contributed by atoms with E-state index in [1.54, 1.807) is 12.3 Å². The molecule has 1 aromatic heterocycles. The summed E-state index contributed by atoms with van der Waals surface area (Å²) in [6.45, 7) is 1.59. The van der Waals surface area contributed by atoms with Gasteiger partial charge < -0.3 is 10.0 Å². The highest BCUT2D eigenvalue weighted by atomic mass is 32.2. The number of carboxylic acid groups (broad SMARTS) is 1.